The highest BCUT2D eigenvalue weighted by Gasteiger charge is 2.21. The highest BCUT2D eigenvalue weighted by molar-refractivity contribution is 14.0. The third-order valence-corrected chi connectivity index (χ3v) is 5.49. The molecule has 1 aliphatic rings. The van der Waals surface area contributed by atoms with E-state index in [1.807, 2.05) is 17.5 Å². The fourth-order valence-corrected chi connectivity index (χ4v) is 3.78. The molecule has 2 aromatic heterocycles. The van der Waals surface area contributed by atoms with Crippen molar-refractivity contribution in [1.29, 1.82) is 0 Å². The lowest BCUT2D eigenvalue weighted by molar-refractivity contribution is 0.167. The van der Waals surface area contributed by atoms with Crippen LogP contribution in [-0.4, -0.2) is 47.6 Å². The van der Waals surface area contributed by atoms with E-state index in [2.05, 4.69) is 46.3 Å². The lowest BCUT2D eigenvalue weighted by Crippen LogP contribution is -2.49. The molecule has 0 bridgehead atoms. The summed E-state index contributed by atoms with van der Waals surface area (Å²) in [6.07, 6.45) is 3.99. The summed E-state index contributed by atoms with van der Waals surface area (Å²) in [5.41, 5.74) is 0.847. The molecule has 6 nitrogen and oxygen atoms in total. The van der Waals surface area contributed by atoms with Crippen molar-refractivity contribution in [2.45, 2.75) is 52.2 Å². The van der Waals surface area contributed by atoms with E-state index in [1.54, 1.807) is 17.6 Å². The van der Waals surface area contributed by atoms with Gasteiger partial charge in [0.25, 0.3) is 0 Å². The molecular weight excluding hydrogens is 473 g/mol. The molecule has 1 saturated heterocycles. The van der Waals surface area contributed by atoms with Crippen LogP contribution in [0.3, 0.4) is 0 Å². The molecule has 2 N–H and O–H groups in total. The van der Waals surface area contributed by atoms with Gasteiger partial charge in [-0.3, -0.25) is 0 Å². The Morgan fingerprint density at radius 3 is 2.81 bits per heavy atom. The van der Waals surface area contributed by atoms with Gasteiger partial charge in [0.15, 0.2) is 5.96 Å². The van der Waals surface area contributed by atoms with E-state index < -0.39 is 0 Å². The zero-order valence-electron chi connectivity index (χ0n) is 16.3. The van der Waals surface area contributed by atoms with Gasteiger partial charge in [-0.15, -0.1) is 35.3 Å². The van der Waals surface area contributed by atoms with Gasteiger partial charge < -0.3 is 20.0 Å². The lowest BCUT2D eigenvalue weighted by atomic mass is 10.0. The van der Waals surface area contributed by atoms with Crippen LogP contribution >= 0.6 is 35.3 Å². The van der Waals surface area contributed by atoms with Gasteiger partial charge in [-0.05, 0) is 45.1 Å². The molecule has 0 aliphatic carbocycles. The molecule has 0 aromatic carbocycles. The van der Waals surface area contributed by atoms with Crippen molar-refractivity contribution in [2.24, 2.45) is 4.99 Å². The van der Waals surface area contributed by atoms with Crippen LogP contribution in [0.15, 0.2) is 33.2 Å². The van der Waals surface area contributed by atoms with Crippen LogP contribution in [0, 0.1) is 0 Å². The Labute approximate surface area is 182 Å². The molecule has 0 saturated carbocycles. The largest absolute Gasteiger partial charge is 0.443 e. The minimum Gasteiger partial charge on any atom is -0.443 e. The molecule has 3 heterocycles. The van der Waals surface area contributed by atoms with E-state index in [1.165, 1.54) is 0 Å². The first kappa shape index (κ1) is 22.2. The van der Waals surface area contributed by atoms with Gasteiger partial charge in [0.1, 0.15) is 12.0 Å². The van der Waals surface area contributed by atoms with Crippen LogP contribution in [0.25, 0.3) is 10.8 Å². The maximum absolute atomic E-state index is 5.57. The predicted molar refractivity (Wildman–Crippen MR) is 123 cm³/mol. The van der Waals surface area contributed by atoms with Crippen LogP contribution in [0.1, 0.15) is 39.3 Å². The number of nitrogens with one attached hydrogen (secondary N) is 2. The number of thiophene rings is 1. The van der Waals surface area contributed by atoms with Gasteiger partial charge in [0.05, 0.1) is 11.4 Å². The highest BCUT2D eigenvalue weighted by atomic mass is 127. The molecule has 27 heavy (non-hydrogen) atoms. The second-order valence-corrected chi connectivity index (χ2v) is 7.81. The topological polar surface area (TPSA) is 65.7 Å². The van der Waals surface area contributed by atoms with Crippen LogP contribution in [0.5, 0.6) is 0 Å². The van der Waals surface area contributed by atoms with Gasteiger partial charge in [-0.2, -0.15) is 0 Å². The number of guanidine groups is 1. The Morgan fingerprint density at radius 2 is 2.19 bits per heavy atom. The number of halogens is 1. The smallest absolute Gasteiger partial charge is 0.236 e. The molecule has 1 aliphatic heterocycles. The number of likely N-dealkylation sites (tertiary alicyclic amines) is 1. The molecule has 0 spiro atoms. The first-order chi connectivity index (χ1) is 12.7. The standard InChI is InChI=1S/C19H29N5OS.HI/c1-4-20-19(23-15-7-9-24(10-8-15)14(2)3)21-12-16-13-25-18(22-16)17-6-5-11-26-17;/h5-6,11,13-15H,4,7-10,12H2,1-3H3,(H2,20,21,23);1H. The SMILES string of the molecule is CCNC(=NCc1coc(-c2cccs2)n1)NC1CCN(C(C)C)CC1.I. The first-order valence-electron chi connectivity index (χ1n) is 9.43. The molecule has 0 amide bonds. The number of nitrogens with zero attached hydrogens (tertiary/aromatic N) is 3. The maximum atomic E-state index is 5.57. The summed E-state index contributed by atoms with van der Waals surface area (Å²) < 4.78 is 5.57. The zero-order valence-corrected chi connectivity index (χ0v) is 19.4. The van der Waals surface area contributed by atoms with Crippen molar-refractivity contribution < 1.29 is 4.42 Å². The van der Waals surface area contributed by atoms with Gasteiger partial charge in [-0.1, -0.05) is 6.07 Å². The zero-order chi connectivity index (χ0) is 18.4. The first-order valence-corrected chi connectivity index (χ1v) is 10.3. The predicted octanol–water partition coefficient (Wildman–Crippen LogP) is 3.95. The fourth-order valence-electron chi connectivity index (χ4n) is 3.13. The highest BCUT2D eigenvalue weighted by Crippen LogP contribution is 2.23. The summed E-state index contributed by atoms with van der Waals surface area (Å²) in [7, 11) is 0. The van der Waals surface area contributed by atoms with Crippen LogP contribution in [0.4, 0.5) is 0 Å². The average molecular weight is 503 g/mol. The van der Waals surface area contributed by atoms with Crippen LogP contribution in [-0.2, 0) is 6.54 Å². The monoisotopic (exact) mass is 503 g/mol. The Hall–Kier alpha value is -1.13. The average Bonchev–Trinajstić information content (AvgIpc) is 3.32. The van der Waals surface area contributed by atoms with E-state index >= 15 is 0 Å². The van der Waals surface area contributed by atoms with Crippen molar-refractivity contribution in [3.05, 3.63) is 29.5 Å². The van der Waals surface area contributed by atoms with E-state index in [0.717, 1.165) is 49.0 Å². The fraction of sp³-hybridized carbons (Fsp3) is 0.579. The van der Waals surface area contributed by atoms with E-state index in [0.29, 0.717) is 24.5 Å². The summed E-state index contributed by atoms with van der Waals surface area (Å²) in [6, 6.07) is 5.11. The normalized spacial score (nSPS) is 16.4. The van der Waals surface area contributed by atoms with Crippen molar-refractivity contribution in [3.63, 3.8) is 0 Å². The summed E-state index contributed by atoms with van der Waals surface area (Å²) in [4.78, 5) is 12.8. The minimum absolute atomic E-state index is 0. The minimum atomic E-state index is 0. The summed E-state index contributed by atoms with van der Waals surface area (Å²) in [5.74, 6) is 1.53. The summed E-state index contributed by atoms with van der Waals surface area (Å²) in [6.45, 7) is 10.3. The Bertz CT molecular complexity index is 693. The lowest BCUT2D eigenvalue weighted by Gasteiger charge is -2.35. The van der Waals surface area contributed by atoms with Crippen molar-refractivity contribution in [2.75, 3.05) is 19.6 Å². The summed E-state index contributed by atoms with van der Waals surface area (Å²) >= 11 is 1.63. The Kier molecular flexibility index (Phi) is 9.04. The number of oxazole rings is 1. The molecule has 0 unspecified atom stereocenters. The molecule has 150 valence electrons. The van der Waals surface area contributed by atoms with Gasteiger partial charge in [0, 0.05) is 31.7 Å². The molecule has 2 aromatic rings. The van der Waals surface area contributed by atoms with Gasteiger partial charge in [-0.25, -0.2) is 9.98 Å². The molecule has 8 heteroatoms. The number of piperidine rings is 1. The second kappa shape index (κ2) is 11.0. The number of aliphatic imine (C=N–C) groups is 1. The third-order valence-electron chi connectivity index (χ3n) is 4.63. The van der Waals surface area contributed by atoms with E-state index in [4.69, 9.17) is 4.42 Å². The van der Waals surface area contributed by atoms with Crippen molar-refractivity contribution in [1.82, 2.24) is 20.5 Å². The molecule has 3 rings (SSSR count). The molecule has 1 fully saturated rings. The quantitative estimate of drug-likeness (QED) is 0.355. The molecule has 0 atom stereocenters. The van der Waals surface area contributed by atoms with Gasteiger partial charge >= 0.3 is 0 Å². The van der Waals surface area contributed by atoms with E-state index in [9.17, 15) is 0 Å². The summed E-state index contributed by atoms with van der Waals surface area (Å²) in [5, 5.41) is 8.94. The van der Waals surface area contributed by atoms with E-state index in [-0.39, 0.29) is 24.0 Å². The Balaban J connectivity index is 0.00000261. The Morgan fingerprint density at radius 1 is 1.41 bits per heavy atom. The second-order valence-electron chi connectivity index (χ2n) is 6.86. The maximum Gasteiger partial charge on any atom is 0.236 e. The third kappa shape index (κ3) is 6.46. The molecular formula is C19H30IN5OS. The van der Waals surface area contributed by atoms with Crippen LogP contribution < -0.4 is 10.6 Å². The van der Waals surface area contributed by atoms with Crippen molar-refractivity contribution >= 4 is 41.3 Å². The van der Waals surface area contributed by atoms with Crippen LogP contribution in [0.2, 0.25) is 0 Å². The molecule has 0 radical (unpaired) electrons. The number of hydrogen-bond acceptors (Lipinski definition) is 5. The number of hydrogen-bond donors (Lipinski definition) is 2. The van der Waals surface area contributed by atoms with Crippen molar-refractivity contribution in [3.8, 4) is 10.8 Å². The number of aromatic nitrogens is 1. The van der Waals surface area contributed by atoms with Gasteiger partial charge in [0.2, 0.25) is 5.89 Å². The number of rotatable bonds is 6.